The molecule has 0 saturated carbocycles. The van der Waals surface area contributed by atoms with Crippen LogP contribution in [0, 0.1) is 13.8 Å². The Morgan fingerprint density at radius 3 is 2.66 bits per heavy atom. The van der Waals surface area contributed by atoms with E-state index in [0.717, 1.165) is 44.1 Å². The van der Waals surface area contributed by atoms with E-state index in [2.05, 4.69) is 24.0 Å². The van der Waals surface area contributed by atoms with Gasteiger partial charge >= 0.3 is 0 Å². The largest absolute Gasteiger partial charge is 0.437 e. The number of hydrogen-bond donors (Lipinski definition) is 0. The summed E-state index contributed by atoms with van der Waals surface area (Å²) in [5.74, 6) is -1.74. The molecule has 0 bridgehead atoms. The second-order valence-corrected chi connectivity index (χ2v) is 7.69. The monoisotopic (exact) mass is 385 g/mol. The quantitative estimate of drug-likeness (QED) is 0.331. The molecule has 5 rings (SSSR count). The van der Waals surface area contributed by atoms with Gasteiger partial charge in [0, 0.05) is 34.1 Å². The van der Waals surface area contributed by atoms with Crippen molar-refractivity contribution in [1.29, 1.82) is 0 Å². The highest BCUT2D eigenvalue weighted by Gasteiger charge is 2.24. The van der Waals surface area contributed by atoms with E-state index in [9.17, 15) is 0 Å². The van der Waals surface area contributed by atoms with Crippen molar-refractivity contribution in [3.05, 3.63) is 71.5 Å². The summed E-state index contributed by atoms with van der Waals surface area (Å²) in [4.78, 5) is 4.62. The first-order chi connectivity index (χ1) is 15.5. The Balaban J connectivity index is 1.94. The summed E-state index contributed by atoms with van der Waals surface area (Å²) < 4.78 is 40.6. The van der Waals surface area contributed by atoms with Crippen LogP contribution in [0.1, 0.15) is 42.0 Å². The highest BCUT2D eigenvalue weighted by Crippen LogP contribution is 2.42. The van der Waals surface area contributed by atoms with E-state index < -0.39 is 12.7 Å². The van der Waals surface area contributed by atoms with Crippen LogP contribution in [0.15, 0.2) is 59.1 Å². The summed E-state index contributed by atoms with van der Waals surface area (Å²) in [7, 11) is 1.92. The van der Waals surface area contributed by atoms with Crippen LogP contribution >= 0.6 is 0 Å². The van der Waals surface area contributed by atoms with E-state index in [1.165, 1.54) is 6.92 Å². The van der Waals surface area contributed by atoms with E-state index in [-0.39, 0.29) is 0 Å². The summed E-state index contributed by atoms with van der Waals surface area (Å²) in [6.07, 6.45) is 1.81. The van der Waals surface area contributed by atoms with Crippen molar-refractivity contribution in [3.8, 4) is 11.3 Å². The van der Waals surface area contributed by atoms with E-state index >= 15 is 0 Å². The second-order valence-electron chi connectivity index (χ2n) is 7.69. The van der Waals surface area contributed by atoms with E-state index in [4.69, 9.17) is 9.90 Å². The van der Waals surface area contributed by atoms with Gasteiger partial charge in [-0.25, -0.2) is 9.55 Å². The Hall–Kier alpha value is -3.20. The number of aryl methyl sites for hydroxylation is 3. The molecule has 0 aliphatic heterocycles. The predicted octanol–water partition coefficient (Wildman–Crippen LogP) is 6.37. The summed E-state index contributed by atoms with van der Waals surface area (Å²) in [6, 6.07) is 15.8. The zero-order chi connectivity index (χ0) is 23.7. The van der Waals surface area contributed by atoms with Crippen LogP contribution in [-0.4, -0.2) is 4.98 Å². The van der Waals surface area contributed by atoms with Gasteiger partial charge in [-0.2, -0.15) is 0 Å². The molecule has 0 spiro atoms. The minimum Gasteiger partial charge on any atom is -0.437 e. The SMILES string of the molecule is [2H]C([2H])([2H])C([2H])(C)c1cc[n+](C)c(-c2c(C)c3ccccc3c3c2oc2nc(C)ccc23)c1. The molecule has 2 aromatic carbocycles. The molecule has 29 heavy (non-hydrogen) atoms. The molecule has 1 unspecified atom stereocenters. The van der Waals surface area contributed by atoms with E-state index in [0.29, 0.717) is 16.9 Å². The highest BCUT2D eigenvalue weighted by molar-refractivity contribution is 6.22. The summed E-state index contributed by atoms with van der Waals surface area (Å²) >= 11 is 0. The normalized spacial score (nSPS) is 16.4. The van der Waals surface area contributed by atoms with Gasteiger partial charge < -0.3 is 4.42 Å². The molecular weight excluding hydrogens is 356 g/mol. The van der Waals surface area contributed by atoms with Gasteiger partial charge in [-0.05, 0) is 53.8 Å². The van der Waals surface area contributed by atoms with Crippen molar-refractivity contribution < 1.29 is 14.5 Å². The van der Waals surface area contributed by atoms with Crippen LogP contribution in [0.3, 0.4) is 0 Å². The van der Waals surface area contributed by atoms with Gasteiger partial charge in [0.15, 0.2) is 11.8 Å². The lowest BCUT2D eigenvalue weighted by atomic mass is 9.92. The van der Waals surface area contributed by atoms with Crippen LogP contribution in [0.2, 0.25) is 0 Å². The molecule has 0 amide bonds. The van der Waals surface area contributed by atoms with E-state index in [1.54, 1.807) is 6.07 Å². The van der Waals surface area contributed by atoms with Crippen molar-refractivity contribution >= 4 is 32.8 Å². The van der Waals surface area contributed by atoms with Crippen LogP contribution < -0.4 is 4.57 Å². The van der Waals surface area contributed by atoms with Crippen LogP contribution in [-0.2, 0) is 7.05 Å². The van der Waals surface area contributed by atoms with Crippen molar-refractivity contribution in [2.24, 2.45) is 7.05 Å². The predicted molar refractivity (Wildman–Crippen MR) is 119 cm³/mol. The Kier molecular flexibility index (Phi) is 3.07. The summed E-state index contributed by atoms with van der Waals surface area (Å²) in [5.41, 5.74) is 5.30. The van der Waals surface area contributed by atoms with Crippen molar-refractivity contribution in [1.82, 2.24) is 4.98 Å². The average Bonchev–Trinajstić information content (AvgIpc) is 3.12. The standard InChI is InChI=1S/C26H25N2O/c1-15(2)18-12-13-28(5)22(14-18)23-17(4)19-8-6-7-9-20(19)24-21-11-10-16(3)27-26(21)29-25(23)24/h6-15H,1-5H3/q+1/i1D3,15D. The fourth-order valence-electron chi connectivity index (χ4n) is 4.21. The lowest BCUT2D eigenvalue weighted by Gasteiger charge is -2.12. The molecule has 3 heteroatoms. The van der Waals surface area contributed by atoms with Gasteiger partial charge in [-0.1, -0.05) is 38.0 Å². The zero-order valence-corrected chi connectivity index (χ0v) is 17.0. The van der Waals surface area contributed by atoms with Gasteiger partial charge in [-0.3, -0.25) is 0 Å². The first kappa shape index (κ1) is 13.9. The van der Waals surface area contributed by atoms with Gasteiger partial charge in [0.1, 0.15) is 7.05 Å². The molecule has 1 atom stereocenters. The van der Waals surface area contributed by atoms with Gasteiger partial charge in [0.05, 0.1) is 5.56 Å². The first-order valence-corrected chi connectivity index (χ1v) is 9.72. The Morgan fingerprint density at radius 1 is 1.07 bits per heavy atom. The Bertz CT molecular complexity index is 1560. The van der Waals surface area contributed by atoms with Crippen molar-refractivity contribution in [2.45, 2.75) is 33.5 Å². The molecule has 0 radical (unpaired) electrons. The van der Waals surface area contributed by atoms with Crippen molar-refractivity contribution in [3.63, 3.8) is 0 Å². The van der Waals surface area contributed by atoms with Crippen LogP contribution in [0.25, 0.3) is 44.1 Å². The van der Waals surface area contributed by atoms with Gasteiger partial charge in [-0.15, -0.1) is 0 Å². The molecule has 144 valence electrons. The molecule has 0 N–H and O–H groups in total. The number of fused-ring (bicyclic) bond motifs is 5. The maximum absolute atomic E-state index is 8.60. The van der Waals surface area contributed by atoms with Gasteiger partial charge in [0.25, 0.3) is 0 Å². The third kappa shape index (κ3) is 2.65. The second kappa shape index (κ2) is 6.41. The number of aromatic nitrogens is 2. The molecule has 0 aliphatic rings. The molecular formula is C26H25N2O+. The Labute approximate surface area is 176 Å². The summed E-state index contributed by atoms with van der Waals surface area (Å²) in [6.45, 7) is 2.97. The van der Waals surface area contributed by atoms with Gasteiger partial charge in [0.2, 0.25) is 11.4 Å². The Morgan fingerprint density at radius 2 is 1.86 bits per heavy atom. The molecule has 3 nitrogen and oxygen atoms in total. The summed E-state index contributed by atoms with van der Waals surface area (Å²) in [5, 5.41) is 4.12. The minimum absolute atomic E-state index is 0.432. The lowest BCUT2D eigenvalue weighted by Crippen LogP contribution is -2.31. The van der Waals surface area contributed by atoms with Crippen molar-refractivity contribution in [2.75, 3.05) is 0 Å². The highest BCUT2D eigenvalue weighted by atomic mass is 16.3. The van der Waals surface area contributed by atoms with Crippen LogP contribution in [0.4, 0.5) is 0 Å². The average molecular weight is 386 g/mol. The molecule has 5 aromatic rings. The molecule has 0 aliphatic carbocycles. The topological polar surface area (TPSA) is 29.9 Å². The maximum atomic E-state index is 8.60. The number of rotatable bonds is 2. The molecule has 0 fully saturated rings. The third-order valence-electron chi connectivity index (χ3n) is 5.74. The number of furan rings is 1. The zero-order valence-electron chi connectivity index (χ0n) is 21.0. The molecule has 3 heterocycles. The number of hydrogen-bond acceptors (Lipinski definition) is 2. The van der Waals surface area contributed by atoms with Crippen LogP contribution in [0.5, 0.6) is 0 Å². The minimum atomic E-state index is -2.46. The fraction of sp³-hybridized carbons (Fsp3) is 0.231. The lowest BCUT2D eigenvalue weighted by molar-refractivity contribution is -0.660. The smallest absolute Gasteiger partial charge is 0.227 e. The molecule has 0 saturated heterocycles. The number of benzene rings is 2. The maximum Gasteiger partial charge on any atom is 0.227 e. The third-order valence-corrected chi connectivity index (χ3v) is 5.74. The van der Waals surface area contributed by atoms with E-state index in [1.807, 2.05) is 55.1 Å². The number of pyridine rings is 2. The number of nitrogens with zero attached hydrogens (tertiary/aromatic N) is 2. The molecule has 3 aromatic heterocycles. The fourth-order valence-corrected chi connectivity index (χ4v) is 4.21. The first-order valence-electron chi connectivity index (χ1n) is 11.7.